The molecule has 4 heterocycles. The SMILES string of the molecule is CN1CCC(N2C(=O)c3cc4nc(-c5ccnn5C)[nH]c4cc3C2=O)CC1. The van der Waals surface area contributed by atoms with Gasteiger partial charge in [0.15, 0.2) is 5.82 Å². The van der Waals surface area contributed by atoms with Crippen LogP contribution in [-0.4, -0.2) is 67.5 Å². The van der Waals surface area contributed by atoms with Gasteiger partial charge in [0.1, 0.15) is 5.69 Å². The molecule has 1 aromatic carbocycles. The van der Waals surface area contributed by atoms with Crippen LogP contribution in [0.15, 0.2) is 24.4 Å². The van der Waals surface area contributed by atoms with Crippen LogP contribution < -0.4 is 0 Å². The Labute approximate surface area is 155 Å². The predicted octanol–water partition coefficient (Wildman–Crippen LogP) is 1.65. The van der Waals surface area contributed by atoms with E-state index in [0.29, 0.717) is 22.5 Å². The number of amides is 2. The molecule has 2 aliphatic heterocycles. The van der Waals surface area contributed by atoms with E-state index in [-0.39, 0.29) is 17.9 Å². The lowest BCUT2D eigenvalue weighted by molar-refractivity contribution is 0.0516. The summed E-state index contributed by atoms with van der Waals surface area (Å²) in [6.45, 7) is 1.79. The van der Waals surface area contributed by atoms with Crippen LogP contribution in [0.4, 0.5) is 0 Å². The first-order valence-corrected chi connectivity index (χ1v) is 9.11. The number of nitrogens with one attached hydrogen (secondary N) is 1. The molecular formula is C19H20N6O2. The first-order valence-electron chi connectivity index (χ1n) is 9.11. The lowest BCUT2D eigenvalue weighted by Gasteiger charge is -2.33. The maximum absolute atomic E-state index is 13.0. The molecule has 3 aromatic rings. The van der Waals surface area contributed by atoms with Gasteiger partial charge >= 0.3 is 0 Å². The Morgan fingerprint density at radius 3 is 2.44 bits per heavy atom. The van der Waals surface area contributed by atoms with Crippen LogP contribution in [0.1, 0.15) is 33.6 Å². The summed E-state index contributed by atoms with van der Waals surface area (Å²) in [5.74, 6) is 0.278. The second-order valence-electron chi connectivity index (χ2n) is 7.36. The van der Waals surface area contributed by atoms with Crippen molar-refractivity contribution in [3.63, 3.8) is 0 Å². The van der Waals surface area contributed by atoms with Crippen molar-refractivity contribution in [1.29, 1.82) is 0 Å². The third-order valence-electron chi connectivity index (χ3n) is 5.64. The van der Waals surface area contributed by atoms with Crippen LogP contribution in [0, 0.1) is 0 Å². The smallest absolute Gasteiger partial charge is 0.261 e. The van der Waals surface area contributed by atoms with Crippen molar-refractivity contribution in [3.05, 3.63) is 35.5 Å². The van der Waals surface area contributed by atoms with Crippen LogP contribution in [0.5, 0.6) is 0 Å². The molecule has 8 heteroatoms. The Kier molecular flexibility index (Phi) is 3.45. The van der Waals surface area contributed by atoms with Crippen molar-refractivity contribution in [1.82, 2.24) is 29.5 Å². The second-order valence-corrected chi connectivity index (χ2v) is 7.36. The van der Waals surface area contributed by atoms with Gasteiger partial charge in [0.05, 0.1) is 22.2 Å². The topological polar surface area (TPSA) is 87.1 Å². The van der Waals surface area contributed by atoms with E-state index >= 15 is 0 Å². The van der Waals surface area contributed by atoms with E-state index in [4.69, 9.17) is 0 Å². The Balaban J connectivity index is 1.53. The molecule has 2 aromatic heterocycles. The molecule has 0 aliphatic carbocycles. The molecule has 0 atom stereocenters. The van der Waals surface area contributed by atoms with Crippen molar-refractivity contribution in [2.24, 2.45) is 7.05 Å². The van der Waals surface area contributed by atoms with Crippen LogP contribution in [-0.2, 0) is 7.05 Å². The molecule has 1 saturated heterocycles. The fraction of sp³-hybridized carbons (Fsp3) is 0.368. The fourth-order valence-electron chi connectivity index (χ4n) is 4.07. The zero-order valence-electron chi connectivity index (χ0n) is 15.3. The molecule has 0 unspecified atom stereocenters. The number of aryl methyl sites for hydroxylation is 1. The highest BCUT2D eigenvalue weighted by molar-refractivity contribution is 6.23. The minimum atomic E-state index is -0.198. The number of aromatic amines is 1. The molecule has 0 saturated carbocycles. The number of carbonyl (C=O) groups excluding carboxylic acids is 2. The minimum Gasteiger partial charge on any atom is -0.337 e. The van der Waals surface area contributed by atoms with E-state index in [1.54, 1.807) is 23.0 Å². The molecule has 0 bridgehead atoms. The molecule has 2 aliphatic rings. The minimum absolute atomic E-state index is 0.0232. The second kappa shape index (κ2) is 5.75. The number of rotatable bonds is 2. The summed E-state index contributed by atoms with van der Waals surface area (Å²) < 4.78 is 1.73. The van der Waals surface area contributed by atoms with Crippen LogP contribution in [0.3, 0.4) is 0 Å². The van der Waals surface area contributed by atoms with Gasteiger partial charge in [-0.2, -0.15) is 5.10 Å². The van der Waals surface area contributed by atoms with Gasteiger partial charge in [0, 0.05) is 19.3 Å². The van der Waals surface area contributed by atoms with E-state index in [2.05, 4.69) is 27.0 Å². The summed E-state index contributed by atoms with van der Waals surface area (Å²) in [6.07, 6.45) is 3.35. The van der Waals surface area contributed by atoms with Crippen molar-refractivity contribution in [2.45, 2.75) is 18.9 Å². The van der Waals surface area contributed by atoms with Crippen LogP contribution >= 0.6 is 0 Å². The Morgan fingerprint density at radius 1 is 1.07 bits per heavy atom. The molecule has 5 rings (SSSR count). The number of nitrogens with zero attached hydrogens (tertiary/aromatic N) is 5. The van der Waals surface area contributed by atoms with Crippen LogP contribution in [0.25, 0.3) is 22.6 Å². The Morgan fingerprint density at radius 2 is 1.78 bits per heavy atom. The van der Waals surface area contributed by atoms with Gasteiger partial charge in [-0.25, -0.2) is 4.98 Å². The first kappa shape index (κ1) is 16.2. The van der Waals surface area contributed by atoms with Crippen molar-refractivity contribution in [2.75, 3.05) is 20.1 Å². The average molecular weight is 364 g/mol. The normalized spacial score (nSPS) is 18.7. The lowest BCUT2D eigenvalue weighted by Crippen LogP contribution is -2.46. The fourth-order valence-corrected chi connectivity index (χ4v) is 4.07. The highest BCUT2D eigenvalue weighted by Gasteiger charge is 2.41. The number of likely N-dealkylation sites (tertiary alicyclic amines) is 1. The highest BCUT2D eigenvalue weighted by atomic mass is 16.2. The molecule has 8 nitrogen and oxygen atoms in total. The number of hydrogen-bond donors (Lipinski definition) is 1. The van der Waals surface area contributed by atoms with Crippen LogP contribution in [0.2, 0.25) is 0 Å². The average Bonchev–Trinajstić information content (AvgIpc) is 3.32. The van der Waals surface area contributed by atoms with Gasteiger partial charge in [-0.3, -0.25) is 19.2 Å². The number of fused-ring (bicyclic) bond motifs is 2. The molecule has 0 radical (unpaired) electrons. The largest absolute Gasteiger partial charge is 0.337 e. The summed E-state index contributed by atoms with van der Waals surface area (Å²) in [5.41, 5.74) is 3.19. The zero-order valence-corrected chi connectivity index (χ0v) is 15.3. The number of piperidine rings is 1. The van der Waals surface area contributed by atoms with Gasteiger partial charge in [0.25, 0.3) is 11.8 Å². The zero-order chi connectivity index (χ0) is 18.7. The summed E-state index contributed by atoms with van der Waals surface area (Å²) in [6, 6.07) is 5.33. The predicted molar refractivity (Wildman–Crippen MR) is 99.3 cm³/mol. The van der Waals surface area contributed by atoms with Gasteiger partial charge < -0.3 is 9.88 Å². The van der Waals surface area contributed by atoms with Gasteiger partial charge in [-0.1, -0.05) is 0 Å². The monoisotopic (exact) mass is 364 g/mol. The summed E-state index contributed by atoms with van der Waals surface area (Å²) in [7, 11) is 3.90. The van der Waals surface area contributed by atoms with Crippen molar-refractivity contribution in [3.8, 4) is 11.5 Å². The van der Waals surface area contributed by atoms with Crippen molar-refractivity contribution >= 4 is 22.8 Å². The summed E-state index contributed by atoms with van der Waals surface area (Å²) in [5, 5.41) is 4.16. The molecular weight excluding hydrogens is 344 g/mol. The number of aromatic nitrogens is 4. The Bertz CT molecular complexity index is 1020. The number of carbonyl (C=O) groups is 2. The third kappa shape index (κ3) is 2.40. The maximum atomic E-state index is 13.0. The maximum Gasteiger partial charge on any atom is 0.261 e. The quantitative estimate of drug-likeness (QED) is 0.699. The number of imide groups is 1. The van der Waals surface area contributed by atoms with Crippen molar-refractivity contribution < 1.29 is 9.59 Å². The van der Waals surface area contributed by atoms with E-state index in [1.165, 1.54) is 4.90 Å². The van der Waals surface area contributed by atoms with E-state index < -0.39 is 0 Å². The summed E-state index contributed by atoms with van der Waals surface area (Å²) >= 11 is 0. The molecule has 1 N–H and O–H groups in total. The van der Waals surface area contributed by atoms with E-state index in [9.17, 15) is 9.59 Å². The highest BCUT2D eigenvalue weighted by Crippen LogP contribution is 2.32. The van der Waals surface area contributed by atoms with Gasteiger partial charge in [-0.15, -0.1) is 0 Å². The molecule has 0 spiro atoms. The van der Waals surface area contributed by atoms with Gasteiger partial charge in [-0.05, 0) is 51.2 Å². The molecule has 27 heavy (non-hydrogen) atoms. The molecule has 2 amide bonds. The third-order valence-corrected chi connectivity index (χ3v) is 5.64. The Hall–Kier alpha value is -3.00. The lowest BCUT2D eigenvalue weighted by atomic mass is 10.0. The first-order chi connectivity index (χ1) is 13.0. The number of benzene rings is 1. The number of hydrogen-bond acceptors (Lipinski definition) is 5. The van der Waals surface area contributed by atoms with E-state index in [0.717, 1.165) is 37.1 Å². The standard InChI is InChI=1S/C19H20N6O2/c1-23-7-4-11(5-8-23)25-18(26)12-9-14-15(10-13(12)19(25)27)22-17(21-14)16-3-6-20-24(16)2/h3,6,9-11H,4-5,7-8H2,1-2H3,(H,21,22). The summed E-state index contributed by atoms with van der Waals surface area (Å²) in [4.78, 5) is 37.4. The number of H-pyrrole nitrogens is 1. The molecule has 1 fully saturated rings. The number of imidazole rings is 1. The van der Waals surface area contributed by atoms with E-state index in [1.807, 2.05) is 13.1 Å². The molecule has 138 valence electrons. The van der Waals surface area contributed by atoms with Gasteiger partial charge in [0.2, 0.25) is 0 Å².